The molecule has 2 saturated heterocycles. The van der Waals surface area contributed by atoms with Gasteiger partial charge in [0.25, 0.3) is 0 Å². The van der Waals surface area contributed by atoms with Crippen molar-refractivity contribution in [3.8, 4) is 11.3 Å². The zero-order valence-electron chi connectivity index (χ0n) is 28.3. The number of carbonyl (C=O) groups excluding carboxylic acids is 2. The molecule has 2 aliphatic heterocycles. The van der Waals surface area contributed by atoms with E-state index in [0.29, 0.717) is 13.1 Å². The number of benzene rings is 2. The fraction of sp³-hybridized carbons (Fsp3) is 0.459. The van der Waals surface area contributed by atoms with Crippen molar-refractivity contribution in [2.75, 3.05) is 13.1 Å². The van der Waals surface area contributed by atoms with Gasteiger partial charge in [0.15, 0.2) is 0 Å². The number of likely N-dealkylation sites (tertiary alicyclic amines) is 2. The first-order valence-corrected chi connectivity index (χ1v) is 16.6. The molecule has 0 radical (unpaired) electrons. The van der Waals surface area contributed by atoms with E-state index in [0.717, 1.165) is 71.6 Å². The predicted octanol–water partition coefficient (Wildman–Crippen LogP) is 8.35. The molecular weight excluding hydrogens is 592 g/mol. The van der Waals surface area contributed by atoms with Gasteiger partial charge in [-0.3, -0.25) is 9.80 Å². The van der Waals surface area contributed by atoms with Crippen molar-refractivity contribution in [2.45, 2.75) is 96.9 Å². The van der Waals surface area contributed by atoms with Crippen molar-refractivity contribution >= 4 is 29.3 Å². The topological polar surface area (TPSA) is 116 Å². The molecule has 248 valence electrons. The lowest BCUT2D eigenvalue weighted by molar-refractivity contribution is 0.0208. The van der Waals surface area contributed by atoms with Crippen LogP contribution in [0.3, 0.4) is 0 Å². The number of aromatic nitrogens is 4. The summed E-state index contributed by atoms with van der Waals surface area (Å²) in [5.41, 5.74) is 5.03. The molecule has 4 aromatic rings. The van der Waals surface area contributed by atoms with Gasteiger partial charge in [0, 0.05) is 13.1 Å². The SMILES string of the molecule is CC(C)(C)OC(=O)N1CCCC1c1ncc(-c2ccc(C/C=C/c3ccc4nc([C@@H]5CCCN5C(=O)OC(C)(C)C)[nH]c4c3)cc2)[nH]1. The van der Waals surface area contributed by atoms with Gasteiger partial charge in [0.05, 0.1) is 35.0 Å². The van der Waals surface area contributed by atoms with Crippen LogP contribution in [0, 0.1) is 0 Å². The quantitative estimate of drug-likeness (QED) is 0.219. The molecule has 6 rings (SSSR count). The Kier molecular flexibility index (Phi) is 8.87. The summed E-state index contributed by atoms with van der Waals surface area (Å²) in [5, 5.41) is 0. The Morgan fingerprint density at radius 2 is 1.47 bits per heavy atom. The first kappa shape index (κ1) is 32.3. The molecule has 2 aromatic carbocycles. The van der Waals surface area contributed by atoms with E-state index < -0.39 is 11.2 Å². The van der Waals surface area contributed by atoms with Crippen molar-refractivity contribution in [3.63, 3.8) is 0 Å². The minimum atomic E-state index is -0.533. The summed E-state index contributed by atoms with van der Waals surface area (Å²) in [6, 6.07) is 14.4. The monoisotopic (exact) mass is 638 g/mol. The van der Waals surface area contributed by atoms with Gasteiger partial charge < -0.3 is 19.4 Å². The molecule has 2 atom stereocenters. The fourth-order valence-electron chi connectivity index (χ4n) is 6.29. The van der Waals surface area contributed by atoms with Gasteiger partial charge in [-0.25, -0.2) is 19.6 Å². The molecule has 2 N–H and O–H groups in total. The summed E-state index contributed by atoms with van der Waals surface area (Å²) in [6.07, 6.45) is 9.90. The third-order valence-corrected chi connectivity index (χ3v) is 8.44. The highest BCUT2D eigenvalue weighted by Gasteiger charge is 2.36. The molecule has 10 heteroatoms. The molecule has 2 aliphatic rings. The summed E-state index contributed by atoms with van der Waals surface area (Å²) in [4.78, 5) is 45.5. The molecule has 47 heavy (non-hydrogen) atoms. The second kappa shape index (κ2) is 12.9. The Balaban J connectivity index is 1.07. The highest BCUT2D eigenvalue weighted by molar-refractivity contribution is 5.79. The van der Waals surface area contributed by atoms with E-state index >= 15 is 0 Å². The highest BCUT2D eigenvalue weighted by Crippen LogP contribution is 2.34. The van der Waals surface area contributed by atoms with Crippen LogP contribution in [0.1, 0.15) is 102 Å². The number of carbonyl (C=O) groups is 2. The number of imidazole rings is 2. The lowest BCUT2D eigenvalue weighted by Gasteiger charge is -2.27. The summed E-state index contributed by atoms with van der Waals surface area (Å²) in [6.45, 7) is 12.7. The van der Waals surface area contributed by atoms with Crippen LogP contribution in [-0.2, 0) is 15.9 Å². The normalized spacial score (nSPS) is 18.9. The van der Waals surface area contributed by atoms with Crippen molar-refractivity contribution in [3.05, 3.63) is 77.5 Å². The van der Waals surface area contributed by atoms with Crippen LogP contribution < -0.4 is 0 Å². The van der Waals surface area contributed by atoms with E-state index in [1.54, 1.807) is 9.80 Å². The Labute approximate surface area is 276 Å². The van der Waals surface area contributed by atoms with Gasteiger partial charge in [-0.2, -0.15) is 0 Å². The van der Waals surface area contributed by atoms with Crippen LogP contribution in [0.15, 0.2) is 54.7 Å². The average molecular weight is 639 g/mol. The average Bonchev–Trinajstić information content (AvgIpc) is 3.81. The maximum Gasteiger partial charge on any atom is 0.410 e. The first-order valence-electron chi connectivity index (χ1n) is 16.6. The molecule has 10 nitrogen and oxygen atoms in total. The van der Waals surface area contributed by atoms with E-state index in [4.69, 9.17) is 14.5 Å². The fourth-order valence-corrected chi connectivity index (χ4v) is 6.29. The Morgan fingerprint density at radius 3 is 2.09 bits per heavy atom. The minimum Gasteiger partial charge on any atom is -0.444 e. The van der Waals surface area contributed by atoms with Gasteiger partial charge in [0.2, 0.25) is 0 Å². The summed E-state index contributed by atoms with van der Waals surface area (Å²) < 4.78 is 11.3. The van der Waals surface area contributed by atoms with E-state index in [2.05, 4.69) is 63.5 Å². The maximum atomic E-state index is 12.8. The van der Waals surface area contributed by atoms with Crippen LogP contribution in [0.2, 0.25) is 0 Å². The Hall–Kier alpha value is -4.60. The minimum absolute atomic E-state index is 0.106. The second-order valence-electron chi connectivity index (χ2n) is 14.5. The van der Waals surface area contributed by atoms with Crippen LogP contribution >= 0.6 is 0 Å². The Bertz CT molecular complexity index is 1760. The van der Waals surface area contributed by atoms with Gasteiger partial charge in [-0.15, -0.1) is 0 Å². The third kappa shape index (κ3) is 7.69. The molecule has 2 amide bonds. The number of amides is 2. The predicted molar refractivity (Wildman–Crippen MR) is 183 cm³/mol. The largest absolute Gasteiger partial charge is 0.444 e. The standard InChI is InChI=1S/C37H46N6O4/c1-36(2,3)46-34(44)42-20-8-12-30(42)32-38-23-29(41-32)26-17-14-24(15-18-26)10-7-11-25-16-19-27-28(22-25)40-33(39-27)31-13-9-21-43(31)35(45)47-37(4,5)6/h7,11,14-19,22-23,30-31H,8-10,12-13,20-21H2,1-6H3,(H,38,41)(H,39,40)/b11-7+/t30?,31-/m0/s1. The number of allylic oxidation sites excluding steroid dienone is 1. The van der Waals surface area contributed by atoms with Crippen molar-refractivity contribution < 1.29 is 19.1 Å². The number of rotatable bonds is 6. The lowest BCUT2D eigenvalue weighted by Crippen LogP contribution is -2.36. The van der Waals surface area contributed by atoms with E-state index in [9.17, 15) is 9.59 Å². The number of aromatic amines is 2. The van der Waals surface area contributed by atoms with Crippen LogP contribution in [-0.4, -0.2) is 66.2 Å². The molecule has 0 spiro atoms. The van der Waals surface area contributed by atoms with Gasteiger partial charge >= 0.3 is 12.2 Å². The summed E-state index contributed by atoms with van der Waals surface area (Å²) in [7, 11) is 0. The summed E-state index contributed by atoms with van der Waals surface area (Å²) in [5.74, 6) is 1.60. The number of hydrogen-bond donors (Lipinski definition) is 2. The number of ether oxygens (including phenoxy) is 2. The van der Waals surface area contributed by atoms with Crippen molar-refractivity contribution in [1.29, 1.82) is 0 Å². The zero-order chi connectivity index (χ0) is 33.3. The number of H-pyrrole nitrogens is 2. The molecule has 2 aromatic heterocycles. The lowest BCUT2D eigenvalue weighted by atomic mass is 10.1. The number of hydrogen-bond acceptors (Lipinski definition) is 6. The highest BCUT2D eigenvalue weighted by atomic mass is 16.6. The first-order chi connectivity index (χ1) is 22.3. The molecule has 0 saturated carbocycles. The van der Waals surface area contributed by atoms with Gasteiger partial charge in [-0.05, 0) is 102 Å². The zero-order valence-corrected chi connectivity index (χ0v) is 28.3. The maximum absolute atomic E-state index is 12.8. The molecule has 4 heterocycles. The molecule has 0 aliphatic carbocycles. The molecule has 1 unspecified atom stereocenters. The third-order valence-electron chi connectivity index (χ3n) is 8.44. The molecule has 2 fully saturated rings. The number of fused-ring (bicyclic) bond motifs is 1. The van der Waals surface area contributed by atoms with E-state index in [1.807, 2.05) is 53.8 Å². The summed E-state index contributed by atoms with van der Waals surface area (Å²) >= 11 is 0. The van der Waals surface area contributed by atoms with Crippen LogP contribution in [0.5, 0.6) is 0 Å². The molecule has 0 bridgehead atoms. The van der Waals surface area contributed by atoms with E-state index in [-0.39, 0.29) is 24.3 Å². The van der Waals surface area contributed by atoms with Gasteiger partial charge in [0.1, 0.15) is 22.9 Å². The Morgan fingerprint density at radius 1 is 0.851 bits per heavy atom. The number of nitrogens with one attached hydrogen (secondary N) is 2. The van der Waals surface area contributed by atoms with Crippen LogP contribution in [0.25, 0.3) is 28.4 Å². The molecular formula is C37H46N6O4. The van der Waals surface area contributed by atoms with Gasteiger partial charge in [-0.1, -0.05) is 42.5 Å². The van der Waals surface area contributed by atoms with Crippen LogP contribution in [0.4, 0.5) is 9.59 Å². The second-order valence-corrected chi connectivity index (χ2v) is 14.5. The smallest absolute Gasteiger partial charge is 0.410 e. The van der Waals surface area contributed by atoms with E-state index in [1.165, 1.54) is 5.56 Å². The number of nitrogens with zero attached hydrogens (tertiary/aromatic N) is 4. The van der Waals surface area contributed by atoms with Crippen molar-refractivity contribution in [1.82, 2.24) is 29.7 Å². The van der Waals surface area contributed by atoms with Crippen molar-refractivity contribution in [2.24, 2.45) is 0 Å².